The van der Waals surface area contributed by atoms with E-state index in [1.807, 2.05) is 6.33 Å². The highest BCUT2D eigenvalue weighted by Crippen LogP contribution is 2.33. The molecule has 2 aromatic rings. The molecular weight excluding hydrogens is 234 g/mol. The molecule has 0 atom stereocenters. The third kappa shape index (κ3) is 2.43. The Bertz CT molecular complexity index is 565. The maximum Gasteiger partial charge on any atom is 0.0929 e. The van der Waals surface area contributed by atoms with Gasteiger partial charge in [0.25, 0.3) is 0 Å². The monoisotopic (exact) mass is 255 g/mol. The summed E-state index contributed by atoms with van der Waals surface area (Å²) in [4.78, 5) is 7.97. The van der Waals surface area contributed by atoms with Gasteiger partial charge in [-0.15, -0.1) is 0 Å². The van der Waals surface area contributed by atoms with Crippen LogP contribution in [0.4, 0.5) is 0 Å². The average molecular weight is 255 g/mol. The number of hydrogen-bond donors (Lipinski definition) is 2. The lowest BCUT2D eigenvalue weighted by molar-refractivity contribution is 0.455. The van der Waals surface area contributed by atoms with Crippen LogP contribution in [0, 0.1) is 13.8 Å². The number of nitrogens with zero attached hydrogens (tertiary/aromatic N) is 1. The number of aromatic amines is 1. The molecule has 100 valence electrons. The highest BCUT2D eigenvalue weighted by atomic mass is 14.9. The van der Waals surface area contributed by atoms with Crippen LogP contribution in [0.5, 0.6) is 0 Å². The number of aryl methyl sites for hydroxylation is 2. The minimum atomic E-state index is 0.610. The minimum Gasteiger partial charge on any atom is -0.348 e. The first-order chi connectivity index (χ1) is 9.25. The molecule has 0 bridgehead atoms. The van der Waals surface area contributed by atoms with Crippen LogP contribution in [0.25, 0.3) is 11.3 Å². The summed E-state index contributed by atoms with van der Waals surface area (Å²) in [7, 11) is 0. The van der Waals surface area contributed by atoms with Crippen LogP contribution in [0.3, 0.4) is 0 Å². The fourth-order valence-corrected chi connectivity index (χ4v) is 2.93. The highest BCUT2D eigenvalue weighted by molar-refractivity contribution is 5.67. The van der Waals surface area contributed by atoms with Gasteiger partial charge in [-0.3, -0.25) is 0 Å². The summed E-state index contributed by atoms with van der Waals surface area (Å²) < 4.78 is 0. The molecule has 3 heteroatoms. The van der Waals surface area contributed by atoms with Gasteiger partial charge in [0.05, 0.1) is 12.0 Å². The van der Waals surface area contributed by atoms with Crippen LogP contribution in [0.2, 0.25) is 0 Å². The summed E-state index contributed by atoms with van der Waals surface area (Å²) in [5.41, 5.74) is 6.32. The topological polar surface area (TPSA) is 40.7 Å². The van der Waals surface area contributed by atoms with Gasteiger partial charge in [-0.25, -0.2) is 4.98 Å². The predicted molar refractivity (Wildman–Crippen MR) is 78.3 cm³/mol. The Hall–Kier alpha value is -1.61. The molecule has 1 aromatic carbocycles. The fourth-order valence-electron chi connectivity index (χ4n) is 2.93. The maximum absolute atomic E-state index is 4.59. The van der Waals surface area contributed by atoms with E-state index < -0.39 is 0 Å². The number of imidazole rings is 1. The Labute approximate surface area is 114 Å². The summed E-state index contributed by atoms with van der Waals surface area (Å²) in [6, 6.07) is 6.59. The number of piperidine rings is 1. The van der Waals surface area contributed by atoms with E-state index in [2.05, 4.69) is 47.3 Å². The molecular formula is C16H21N3. The van der Waals surface area contributed by atoms with E-state index in [1.54, 1.807) is 0 Å². The molecule has 3 rings (SSSR count). The van der Waals surface area contributed by atoms with Crippen LogP contribution in [0.15, 0.2) is 24.5 Å². The van der Waals surface area contributed by atoms with E-state index in [0.717, 1.165) is 18.8 Å². The maximum atomic E-state index is 4.59. The molecule has 1 aromatic heterocycles. The van der Waals surface area contributed by atoms with Gasteiger partial charge < -0.3 is 10.3 Å². The number of nitrogens with one attached hydrogen (secondary N) is 2. The Morgan fingerprint density at radius 2 is 1.95 bits per heavy atom. The molecule has 0 unspecified atom stereocenters. The van der Waals surface area contributed by atoms with Gasteiger partial charge in [-0.05, 0) is 51.4 Å². The van der Waals surface area contributed by atoms with Crippen molar-refractivity contribution < 1.29 is 0 Å². The lowest BCUT2D eigenvalue weighted by Gasteiger charge is -2.22. The first-order valence-electron chi connectivity index (χ1n) is 7.07. The average Bonchev–Trinajstić information content (AvgIpc) is 2.91. The second kappa shape index (κ2) is 5.17. The summed E-state index contributed by atoms with van der Waals surface area (Å²) in [6.07, 6.45) is 4.23. The van der Waals surface area contributed by atoms with E-state index in [-0.39, 0.29) is 0 Å². The first-order valence-corrected chi connectivity index (χ1v) is 7.07. The molecule has 0 spiro atoms. The fraction of sp³-hybridized carbons (Fsp3) is 0.438. The Balaban J connectivity index is 2.01. The number of H-pyrrole nitrogens is 1. The van der Waals surface area contributed by atoms with Gasteiger partial charge in [0.15, 0.2) is 0 Å². The molecule has 2 N–H and O–H groups in total. The van der Waals surface area contributed by atoms with E-state index >= 15 is 0 Å². The zero-order chi connectivity index (χ0) is 13.2. The highest BCUT2D eigenvalue weighted by Gasteiger charge is 2.21. The summed E-state index contributed by atoms with van der Waals surface area (Å²) >= 11 is 0. The van der Waals surface area contributed by atoms with Crippen molar-refractivity contribution in [2.45, 2.75) is 32.6 Å². The van der Waals surface area contributed by atoms with Crippen molar-refractivity contribution in [1.82, 2.24) is 15.3 Å². The van der Waals surface area contributed by atoms with Crippen LogP contribution in [0.1, 0.15) is 35.6 Å². The van der Waals surface area contributed by atoms with Crippen molar-refractivity contribution in [1.29, 1.82) is 0 Å². The zero-order valence-electron chi connectivity index (χ0n) is 11.7. The standard InChI is InChI=1S/C16H21N3/c1-11-3-4-12(2)14(9-11)16-15(18-10-19-16)13-5-7-17-8-6-13/h3-4,9-10,13,17H,5-8H2,1-2H3,(H,18,19). The molecule has 0 amide bonds. The lowest BCUT2D eigenvalue weighted by Crippen LogP contribution is -2.27. The molecule has 0 saturated carbocycles. The van der Waals surface area contributed by atoms with Crippen molar-refractivity contribution in [2.24, 2.45) is 0 Å². The third-order valence-electron chi connectivity index (χ3n) is 4.06. The zero-order valence-corrected chi connectivity index (χ0v) is 11.7. The Kier molecular flexibility index (Phi) is 3.38. The van der Waals surface area contributed by atoms with Gasteiger partial charge in [0.2, 0.25) is 0 Å². The van der Waals surface area contributed by atoms with Crippen LogP contribution in [-0.4, -0.2) is 23.1 Å². The smallest absolute Gasteiger partial charge is 0.0929 e. The number of rotatable bonds is 2. The number of aromatic nitrogens is 2. The van der Waals surface area contributed by atoms with Gasteiger partial charge in [0, 0.05) is 17.2 Å². The van der Waals surface area contributed by atoms with Crippen LogP contribution in [-0.2, 0) is 0 Å². The molecule has 2 heterocycles. The summed E-state index contributed by atoms with van der Waals surface area (Å²) in [5.74, 6) is 0.610. The van der Waals surface area contributed by atoms with Crippen molar-refractivity contribution >= 4 is 0 Å². The quantitative estimate of drug-likeness (QED) is 0.865. The predicted octanol–water partition coefficient (Wildman–Crippen LogP) is 3.16. The number of benzene rings is 1. The van der Waals surface area contributed by atoms with E-state index in [4.69, 9.17) is 0 Å². The molecule has 0 aliphatic carbocycles. The minimum absolute atomic E-state index is 0.610. The first kappa shape index (κ1) is 12.4. The normalized spacial score (nSPS) is 16.7. The largest absolute Gasteiger partial charge is 0.348 e. The molecule has 19 heavy (non-hydrogen) atoms. The second-order valence-corrected chi connectivity index (χ2v) is 5.51. The van der Waals surface area contributed by atoms with Gasteiger partial charge in [-0.2, -0.15) is 0 Å². The van der Waals surface area contributed by atoms with Crippen molar-refractivity contribution in [3.8, 4) is 11.3 Å². The van der Waals surface area contributed by atoms with Crippen molar-refractivity contribution in [2.75, 3.05) is 13.1 Å². The van der Waals surface area contributed by atoms with Crippen LogP contribution >= 0.6 is 0 Å². The molecule has 1 aliphatic heterocycles. The Morgan fingerprint density at radius 3 is 2.74 bits per heavy atom. The molecule has 1 saturated heterocycles. The molecule has 0 radical (unpaired) electrons. The second-order valence-electron chi connectivity index (χ2n) is 5.51. The van der Waals surface area contributed by atoms with Crippen molar-refractivity contribution in [3.63, 3.8) is 0 Å². The number of hydrogen-bond acceptors (Lipinski definition) is 2. The van der Waals surface area contributed by atoms with Gasteiger partial charge in [0.1, 0.15) is 0 Å². The Morgan fingerprint density at radius 1 is 1.16 bits per heavy atom. The molecule has 1 aliphatic rings. The lowest BCUT2D eigenvalue weighted by atomic mass is 9.90. The third-order valence-corrected chi connectivity index (χ3v) is 4.06. The van der Waals surface area contributed by atoms with Crippen LogP contribution < -0.4 is 5.32 Å². The van der Waals surface area contributed by atoms with Gasteiger partial charge in [-0.1, -0.05) is 17.7 Å². The van der Waals surface area contributed by atoms with E-state index in [1.165, 1.54) is 35.2 Å². The van der Waals surface area contributed by atoms with E-state index in [9.17, 15) is 0 Å². The van der Waals surface area contributed by atoms with Crippen molar-refractivity contribution in [3.05, 3.63) is 41.3 Å². The summed E-state index contributed by atoms with van der Waals surface area (Å²) in [6.45, 7) is 6.52. The van der Waals surface area contributed by atoms with E-state index in [0.29, 0.717) is 5.92 Å². The SMILES string of the molecule is Cc1ccc(C)c(-c2nc[nH]c2C2CCNCC2)c1. The van der Waals surface area contributed by atoms with Gasteiger partial charge >= 0.3 is 0 Å². The molecule has 3 nitrogen and oxygen atoms in total. The molecule has 1 fully saturated rings. The summed E-state index contributed by atoms with van der Waals surface area (Å²) in [5, 5.41) is 3.42.